The molecular formula is C12H21N3O2. The van der Waals surface area contributed by atoms with Crippen molar-refractivity contribution in [3.05, 3.63) is 5.82 Å². The number of aromatic nitrogens is 2. The Morgan fingerprint density at radius 2 is 2.18 bits per heavy atom. The second-order valence-electron chi connectivity index (χ2n) is 5.18. The van der Waals surface area contributed by atoms with Crippen molar-refractivity contribution in [1.82, 2.24) is 10.1 Å². The first-order chi connectivity index (χ1) is 8.08. The summed E-state index contributed by atoms with van der Waals surface area (Å²) >= 11 is 0. The SMILES string of the molecule is CC(C)c1noc(N2CCCC(C(C)O)C2)n1. The number of hydrogen-bond donors (Lipinski definition) is 1. The van der Waals surface area contributed by atoms with Gasteiger partial charge >= 0.3 is 6.01 Å². The van der Waals surface area contributed by atoms with Gasteiger partial charge in [0.15, 0.2) is 5.82 Å². The van der Waals surface area contributed by atoms with Crippen molar-refractivity contribution in [2.45, 2.75) is 45.6 Å². The summed E-state index contributed by atoms with van der Waals surface area (Å²) < 4.78 is 5.28. The number of aliphatic hydroxyl groups is 1. The van der Waals surface area contributed by atoms with Crippen LogP contribution in [0.1, 0.15) is 45.4 Å². The van der Waals surface area contributed by atoms with E-state index in [0.717, 1.165) is 31.8 Å². The standard InChI is InChI=1S/C12H21N3O2/c1-8(2)11-13-12(17-14-11)15-6-4-5-10(7-15)9(3)16/h8-10,16H,4-7H2,1-3H3. The van der Waals surface area contributed by atoms with Crippen molar-refractivity contribution in [2.24, 2.45) is 5.92 Å². The molecule has 1 saturated heterocycles. The lowest BCUT2D eigenvalue weighted by Crippen LogP contribution is -2.39. The zero-order valence-electron chi connectivity index (χ0n) is 10.8. The van der Waals surface area contributed by atoms with E-state index in [4.69, 9.17) is 4.52 Å². The van der Waals surface area contributed by atoms with Gasteiger partial charge < -0.3 is 14.5 Å². The van der Waals surface area contributed by atoms with Gasteiger partial charge in [-0.1, -0.05) is 19.0 Å². The smallest absolute Gasteiger partial charge is 0.324 e. The molecule has 0 radical (unpaired) electrons. The van der Waals surface area contributed by atoms with Crippen LogP contribution in [0.15, 0.2) is 4.52 Å². The highest BCUT2D eigenvalue weighted by atomic mass is 16.5. The fourth-order valence-electron chi connectivity index (χ4n) is 2.17. The number of piperidine rings is 1. The van der Waals surface area contributed by atoms with Crippen LogP contribution in [-0.2, 0) is 0 Å². The Balaban J connectivity index is 2.05. The van der Waals surface area contributed by atoms with Crippen molar-refractivity contribution in [3.63, 3.8) is 0 Å². The molecule has 1 N–H and O–H groups in total. The zero-order valence-corrected chi connectivity index (χ0v) is 10.8. The molecule has 2 unspecified atom stereocenters. The Hall–Kier alpha value is -1.10. The summed E-state index contributed by atoms with van der Waals surface area (Å²) in [5.74, 6) is 1.34. The maximum absolute atomic E-state index is 9.64. The van der Waals surface area contributed by atoms with Crippen molar-refractivity contribution in [3.8, 4) is 0 Å². The van der Waals surface area contributed by atoms with E-state index in [1.165, 1.54) is 0 Å². The molecule has 2 atom stereocenters. The molecule has 5 heteroatoms. The summed E-state index contributed by atoms with van der Waals surface area (Å²) in [6, 6.07) is 0.596. The minimum absolute atomic E-state index is 0.273. The van der Waals surface area contributed by atoms with Gasteiger partial charge in [-0.05, 0) is 19.8 Å². The predicted molar refractivity (Wildman–Crippen MR) is 65.0 cm³/mol. The molecule has 0 saturated carbocycles. The number of hydrogen-bond acceptors (Lipinski definition) is 5. The third-order valence-corrected chi connectivity index (χ3v) is 3.36. The van der Waals surface area contributed by atoms with Crippen molar-refractivity contribution < 1.29 is 9.63 Å². The summed E-state index contributed by atoms with van der Waals surface area (Å²) in [4.78, 5) is 6.48. The quantitative estimate of drug-likeness (QED) is 0.871. The van der Waals surface area contributed by atoms with Gasteiger partial charge in [0.25, 0.3) is 0 Å². The van der Waals surface area contributed by atoms with E-state index in [-0.39, 0.29) is 12.0 Å². The molecule has 1 aliphatic heterocycles. The van der Waals surface area contributed by atoms with Crippen LogP contribution in [-0.4, -0.2) is 34.4 Å². The molecule has 5 nitrogen and oxygen atoms in total. The van der Waals surface area contributed by atoms with E-state index in [1.807, 2.05) is 20.8 Å². The van der Waals surface area contributed by atoms with E-state index in [1.54, 1.807) is 0 Å². The molecule has 96 valence electrons. The maximum atomic E-state index is 9.64. The van der Waals surface area contributed by atoms with Crippen molar-refractivity contribution in [1.29, 1.82) is 0 Å². The number of aliphatic hydroxyl groups excluding tert-OH is 1. The Morgan fingerprint density at radius 3 is 2.76 bits per heavy atom. The summed E-state index contributed by atoms with van der Waals surface area (Å²) in [6.07, 6.45) is 1.86. The van der Waals surface area contributed by atoms with E-state index in [0.29, 0.717) is 11.9 Å². The van der Waals surface area contributed by atoms with Crippen molar-refractivity contribution >= 4 is 6.01 Å². The fourth-order valence-corrected chi connectivity index (χ4v) is 2.17. The first kappa shape index (κ1) is 12.4. The highest BCUT2D eigenvalue weighted by Crippen LogP contribution is 2.24. The second kappa shape index (κ2) is 5.04. The molecule has 2 rings (SSSR count). The van der Waals surface area contributed by atoms with Gasteiger partial charge in [-0.3, -0.25) is 0 Å². The molecule has 0 aliphatic carbocycles. The zero-order chi connectivity index (χ0) is 12.4. The average molecular weight is 239 g/mol. The summed E-state index contributed by atoms with van der Waals surface area (Å²) in [6.45, 7) is 7.68. The Kier molecular flexibility index (Phi) is 3.66. The molecular weight excluding hydrogens is 218 g/mol. The van der Waals surface area contributed by atoms with Crippen LogP contribution in [0.4, 0.5) is 6.01 Å². The lowest BCUT2D eigenvalue weighted by atomic mass is 9.94. The van der Waals surface area contributed by atoms with Gasteiger partial charge in [0.05, 0.1) is 6.10 Å². The van der Waals surface area contributed by atoms with Gasteiger partial charge in [0.2, 0.25) is 0 Å². The second-order valence-corrected chi connectivity index (χ2v) is 5.18. The van der Waals surface area contributed by atoms with E-state index in [9.17, 15) is 5.11 Å². The van der Waals surface area contributed by atoms with E-state index < -0.39 is 0 Å². The van der Waals surface area contributed by atoms with Crippen LogP contribution in [0.25, 0.3) is 0 Å². The monoisotopic (exact) mass is 239 g/mol. The summed E-state index contributed by atoms with van der Waals surface area (Å²) in [5.41, 5.74) is 0. The Labute approximate surface area is 102 Å². The van der Waals surface area contributed by atoms with E-state index >= 15 is 0 Å². The number of nitrogens with zero attached hydrogens (tertiary/aromatic N) is 3. The maximum Gasteiger partial charge on any atom is 0.324 e. The lowest BCUT2D eigenvalue weighted by molar-refractivity contribution is 0.113. The molecule has 0 spiro atoms. The van der Waals surface area contributed by atoms with Gasteiger partial charge in [-0.2, -0.15) is 4.98 Å². The van der Waals surface area contributed by atoms with Crippen LogP contribution < -0.4 is 4.90 Å². The largest absolute Gasteiger partial charge is 0.393 e. The summed E-state index contributed by atoms with van der Waals surface area (Å²) in [7, 11) is 0. The van der Waals surface area contributed by atoms with E-state index in [2.05, 4.69) is 15.0 Å². The molecule has 17 heavy (non-hydrogen) atoms. The first-order valence-electron chi connectivity index (χ1n) is 6.34. The topological polar surface area (TPSA) is 62.4 Å². The van der Waals surface area contributed by atoms with Crippen LogP contribution in [0.3, 0.4) is 0 Å². The molecule has 2 heterocycles. The molecule has 0 amide bonds. The average Bonchev–Trinajstić information content (AvgIpc) is 2.78. The minimum atomic E-state index is -0.273. The molecule has 0 bridgehead atoms. The summed E-state index contributed by atoms with van der Waals surface area (Å²) in [5, 5.41) is 13.6. The van der Waals surface area contributed by atoms with Gasteiger partial charge in [-0.15, -0.1) is 0 Å². The molecule has 1 aromatic heterocycles. The highest BCUT2D eigenvalue weighted by molar-refractivity contribution is 5.26. The number of rotatable bonds is 3. The number of anilines is 1. The molecule has 1 aliphatic rings. The third-order valence-electron chi connectivity index (χ3n) is 3.36. The Morgan fingerprint density at radius 1 is 1.41 bits per heavy atom. The van der Waals surface area contributed by atoms with Crippen LogP contribution >= 0.6 is 0 Å². The fraction of sp³-hybridized carbons (Fsp3) is 0.833. The van der Waals surface area contributed by atoms with Crippen LogP contribution in [0, 0.1) is 5.92 Å². The van der Waals surface area contributed by atoms with Crippen molar-refractivity contribution in [2.75, 3.05) is 18.0 Å². The highest BCUT2D eigenvalue weighted by Gasteiger charge is 2.26. The Bertz CT molecular complexity index is 362. The lowest BCUT2D eigenvalue weighted by Gasteiger charge is -2.32. The normalized spacial score (nSPS) is 23.1. The third kappa shape index (κ3) is 2.77. The minimum Gasteiger partial charge on any atom is -0.393 e. The predicted octanol–water partition coefficient (Wildman–Crippen LogP) is 1.79. The molecule has 0 aromatic carbocycles. The first-order valence-corrected chi connectivity index (χ1v) is 6.34. The van der Waals surface area contributed by atoms with Crippen LogP contribution in [0.5, 0.6) is 0 Å². The molecule has 1 aromatic rings. The van der Waals surface area contributed by atoms with Gasteiger partial charge in [0, 0.05) is 24.9 Å². The van der Waals surface area contributed by atoms with Crippen LogP contribution in [0.2, 0.25) is 0 Å². The van der Waals surface area contributed by atoms with Gasteiger partial charge in [-0.25, -0.2) is 0 Å². The molecule has 1 fully saturated rings. The van der Waals surface area contributed by atoms with Gasteiger partial charge in [0.1, 0.15) is 0 Å².